The summed E-state index contributed by atoms with van der Waals surface area (Å²) in [6.07, 6.45) is 1.22. The van der Waals surface area contributed by atoms with Gasteiger partial charge in [-0.2, -0.15) is 0 Å². The summed E-state index contributed by atoms with van der Waals surface area (Å²) in [6.45, 7) is 8.19. The lowest BCUT2D eigenvalue weighted by Gasteiger charge is -2.29. The van der Waals surface area contributed by atoms with Gasteiger partial charge in [0, 0.05) is 11.6 Å². The van der Waals surface area contributed by atoms with E-state index < -0.39 is 6.10 Å². The Morgan fingerprint density at radius 3 is 2.38 bits per heavy atom. The van der Waals surface area contributed by atoms with E-state index in [4.69, 9.17) is 4.74 Å². The van der Waals surface area contributed by atoms with Crippen LogP contribution in [0.15, 0.2) is 24.3 Å². The van der Waals surface area contributed by atoms with Crippen molar-refractivity contribution in [3.05, 3.63) is 46.5 Å². The number of carbonyl (C=O) groups excluding carboxylic acids is 1. The third kappa shape index (κ3) is 4.82. The number of phenolic OH excluding ortho intramolecular Hbond substituents is 2. The van der Waals surface area contributed by atoms with Crippen LogP contribution in [-0.4, -0.2) is 27.8 Å². The molecule has 0 aliphatic carbocycles. The Morgan fingerprint density at radius 2 is 1.72 bits per heavy atom. The number of aliphatic hydroxyl groups excluding tert-OH is 1. The van der Waals surface area contributed by atoms with Crippen molar-refractivity contribution in [3.63, 3.8) is 0 Å². The van der Waals surface area contributed by atoms with Crippen molar-refractivity contribution >= 4 is 11.6 Å². The molecule has 1 unspecified atom stereocenters. The second-order valence-corrected chi connectivity index (χ2v) is 8.70. The lowest BCUT2D eigenvalue weighted by atomic mass is 9.78. The van der Waals surface area contributed by atoms with Gasteiger partial charge in [0.1, 0.15) is 17.2 Å². The maximum absolute atomic E-state index is 11.5. The number of benzene rings is 2. The number of hydrogen-bond acceptors (Lipinski definition) is 5. The zero-order valence-electron chi connectivity index (χ0n) is 17.4. The second-order valence-electron chi connectivity index (χ2n) is 8.70. The summed E-state index contributed by atoms with van der Waals surface area (Å²) >= 11 is 0. The standard InChI is InChI=1S/C23H29NO5/c1-13-7-15(25)8-14(2)18(13)11-23(3,4)6-5-20(27)17-9-16(26)10-19-22(17)29-12-21(28)24-19/h7-10,20,25-27H,5-6,11-12H2,1-4H3,(H,24,28). The van der Waals surface area contributed by atoms with Gasteiger partial charge >= 0.3 is 0 Å². The summed E-state index contributed by atoms with van der Waals surface area (Å²) in [6, 6.07) is 6.46. The Labute approximate surface area is 171 Å². The quantitative estimate of drug-likeness (QED) is 0.585. The molecular formula is C23H29NO5. The molecule has 3 rings (SSSR count). The van der Waals surface area contributed by atoms with Gasteiger partial charge in [-0.25, -0.2) is 0 Å². The monoisotopic (exact) mass is 399 g/mol. The molecule has 4 N–H and O–H groups in total. The van der Waals surface area contributed by atoms with Gasteiger partial charge in [0.25, 0.3) is 5.91 Å². The van der Waals surface area contributed by atoms with E-state index in [1.807, 2.05) is 13.8 Å². The SMILES string of the molecule is Cc1cc(O)cc(C)c1CC(C)(C)CCC(O)c1cc(O)cc2c1OCC(=O)N2. The van der Waals surface area contributed by atoms with E-state index in [1.165, 1.54) is 17.7 Å². The molecule has 1 aliphatic rings. The van der Waals surface area contributed by atoms with Gasteiger partial charge in [-0.15, -0.1) is 0 Å². The van der Waals surface area contributed by atoms with Gasteiger partial charge in [0.2, 0.25) is 0 Å². The minimum absolute atomic E-state index is 0.0294. The molecule has 0 bridgehead atoms. The zero-order valence-corrected chi connectivity index (χ0v) is 17.4. The maximum Gasteiger partial charge on any atom is 0.262 e. The Morgan fingerprint density at radius 1 is 1.10 bits per heavy atom. The highest BCUT2D eigenvalue weighted by Crippen LogP contribution is 2.41. The van der Waals surface area contributed by atoms with E-state index in [-0.39, 0.29) is 29.4 Å². The van der Waals surface area contributed by atoms with Crippen LogP contribution in [0.2, 0.25) is 0 Å². The number of rotatable bonds is 6. The smallest absolute Gasteiger partial charge is 0.262 e. The molecule has 0 spiro atoms. The highest BCUT2D eigenvalue weighted by molar-refractivity contribution is 5.96. The predicted octanol–water partition coefficient (Wildman–Crippen LogP) is 4.13. The average molecular weight is 399 g/mol. The molecule has 1 atom stereocenters. The molecule has 156 valence electrons. The largest absolute Gasteiger partial charge is 0.508 e. The Kier molecular flexibility index (Phi) is 5.75. The molecule has 0 fully saturated rings. The van der Waals surface area contributed by atoms with Crippen molar-refractivity contribution in [3.8, 4) is 17.2 Å². The van der Waals surface area contributed by atoms with E-state index in [2.05, 4.69) is 19.2 Å². The molecule has 0 aromatic heterocycles. The topological polar surface area (TPSA) is 99.0 Å². The summed E-state index contributed by atoms with van der Waals surface area (Å²) in [5.74, 6) is 0.373. The lowest BCUT2D eigenvalue weighted by Crippen LogP contribution is -2.26. The molecule has 6 heteroatoms. The molecule has 0 saturated carbocycles. The van der Waals surface area contributed by atoms with E-state index >= 15 is 0 Å². The van der Waals surface area contributed by atoms with Gasteiger partial charge in [-0.3, -0.25) is 4.79 Å². The van der Waals surface area contributed by atoms with Crippen molar-refractivity contribution in [1.29, 1.82) is 0 Å². The van der Waals surface area contributed by atoms with Crippen LogP contribution in [-0.2, 0) is 11.2 Å². The van der Waals surface area contributed by atoms with E-state index in [9.17, 15) is 20.1 Å². The summed E-state index contributed by atoms with van der Waals surface area (Å²) in [4.78, 5) is 11.5. The Hall–Kier alpha value is -2.73. The van der Waals surface area contributed by atoms with Gasteiger partial charge in [-0.05, 0) is 73.4 Å². The number of fused-ring (bicyclic) bond motifs is 1. The molecular weight excluding hydrogens is 370 g/mol. The van der Waals surface area contributed by atoms with Crippen LogP contribution >= 0.6 is 0 Å². The van der Waals surface area contributed by atoms with Gasteiger partial charge in [0.15, 0.2) is 6.61 Å². The molecule has 29 heavy (non-hydrogen) atoms. The van der Waals surface area contributed by atoms with Crippen LogP contribution in [0, 0.1) is 19.3 Å². The minimum atomic E-state index is -0.827. The third-order valence-corrected chi connectivity index (χ3v) is 5.51. The summed E-state index contributed by atoms with van der Waals surface area (Å²) in [5, 5.41) is 33.2. The van der Waals surface area contributed by atoms with Crippen LogP contribution in [0.25, 0.3) is 0 Å². The van der Waals surface area contributed by atoms with Crippen LogP contribution < -0.4 is 10.1 Å². The summed E-state index contributed by atoms with van der Waals surface area (Å²) < 4.78 is 5.51. The first-order valence-corrected chi connectivity index (χ1v) is 9.82. The van der Waals surface area contributed by atoms with Crippen molar-refractivity contribution < 1.29 is 24.9 Å². The zero-order chi connectivity index (χ0) is 21.3. The molecule has 2 aromatic carbocycles. The Bertz CT molecular complexity index is 912. The van der Waals surface area contributed by atoms with Crippen molar-refractivity contribution in [1.82, 2.24) is 0 Å². The third-order valence-electron chi connectivity index (χ3n) is 5.51. The number of ether oxygens (including phenoxy) is 1. The highest BCUT2D eigenvalue weighted by Gasteiger charge is 2.27. The van der Waals surface area contributed by atoms with Crippen LogP contribution in [0.5, 0.6) is 17.2 Å². The lowest BCUT2D eigenvalue weighted by molar-refractivity contribution is -0.118. The number of aliphatic hydroxyl groups is 1. The number of nitrogens with one attached hydrogen (secondary N) is 1. The van der Waals surface area contributed by atoms with Crippen LogP contribution in [0.1, 0.15) is 55.0 Å². The van der Waals surface area contributed by atoms with Crippen molar-refractivity contribution in [2.75, 3.05) is 11.9 Å². The number of amides is 1. The summed E-state index contributed by atoms with van der Waals surface area (Å²) in [5.41, 5.74) is 4.10. The van der Waals surface area contributed by atoms with E-state index in [0.29, 0.717) is 23.4 Å². The first-order valence-electron chi connectivity index (χ1n) is 9.82. The van der Waals surface area contributed by atoms with Crippen LogP contribution in [0.4, 0.5) is 5.69 Å². The van der Waals surface area contributed by atoms with E-state index in [0.717, 1.165) is 24.0 Å². The highest BCUT2D eigenvalue weighted by atomic mass is 16.5. The fourth-order valence-electron chi connectivity index (χ4n) is 3.96. The summed E-state index contributed by atoms with van der Waals surface area (Å²) in [7, 11) is 0. The van der Waals surface area contributed by atoms with E-state index in [1.54, 1.807) is 12.1 Å². The van der Waals surface area contributed by atoms with Crippen molar-refractivity contribution in [2.24, 2.45) is 5.41 Å². The van der Waals surface area contributed by atoms with Gasteiger partial charge in [-0.1, -0.05) is 13.8 Å². The molecule has 0 radical (unpaired) electrons. The first-order chi connectivity index (χ1) is 13.6. The van der Waals surface area contributed by atoms with Gasteiger partial charge in [0.05, 0.1) is 11.8 Å². The Balaban J connectivity index is 1.74. The number of hydrogen-bond donors (Lipinski definition) is 4. The number of carbonyl (C=O) groups is 1. The maximum atomic E-state index is 11.5. The minimum Gasteiger partial charge on any atom is -0.508 e. The number of anilines is 1. The molecule has 2 aromatic rings. The average Bonchev–Trinajstić information content (AvgIpc) is 2.61. The van der Waals surface area contributed by atoms with Gasteiger partial charge < -0.3 is 25.4 Å². The van der Waals surface area contributed by atoms with Crippen molar-refractivity contribution in [2.45, 2.75) is 53.1 Å². The van der Waals surface area contributed by atoms with Crippen LogP contribution in [0.3, 0.4) is 0 Å². The number of aryl methyl sites for hydroxylation is 2. The molecule has 1 amide bonds. The normalized spacial score (nSPS) is 14.7. The second kappa shape index (κ2) is 7.95. The number of phenols is 2. The first kappa shape index (κ1) is 21.0. The molecule has 1 heterocycles. The predicted molar refractivity (Wildman–Crippen MR) is 111 cm³/mol. The molecule has 6 nitrogen and oxygen atoms in total. The fraction of sp³-hybridized carbons (Fsp3) is 0.435. The number of aromatic hydroxyl groups is 2. The fourth-order valence-corrected chi connectivity index (χ4v) is 3.96. The molecule has 1 aliphatic heterocycles. The molecule has 0 saturated heterocycles.